The van der Waals surface area contributed by atoms with Crippen LogP contribution in [0.4, 0.5) is 10.1 Å². The zero-order valence-electron chi connectivity index (χ0n) is 13.2. The van der Waals surface area contributed by atoms with Crippen molar-refractivity contribution in [3.8, 4) is 5.75 Å². The molecule has 1 amide bonds. The summed E-state index contributed by atoms with van der Waals surface area (Å²) in [6.07, 6.45) is 0. The maximum Gasteiger partial charge on any atom is 0.255 e. The molecule has 3 rings (SSSR count). The molecule has 0 saturated heterocycles. The summed E-state index contributed by atoms with van der Waals surface area (Å²) in [5.41, 5.74) is 1.44. The zero-order valence-corrected chi connectivity index (χ0v) is 14.0. The van der Waals surface area contributed by atoms with Gasteiger partial charge in [0, 0.05) is 16.1 Å². The highest BCUT2D eigenvalue weighted by Crippen LogP contribution is 2.20. The van der Waals surface area contributed by atoms with Crippen LogP contribution >= 0.6 is 11.6 Å². The molecule has 0 aliphatic carbocycles. The average Bonchev–Trinajstić information content (AvgIpc) is 2.63. The van der Waals surface area contributed by atoms with Crippen LogP contribution in [0.3, 0.4) is 0 Å². The molecule has 0 fully saturated rings. The SMILES string of the molecule is O=C(Nc1ccccc1F)c1ccc(OCc2ccccc2Cl)cc1. The molecule has 3 nitrogen and oxygen atoms in total. The Labute approximate surface area is 150 Å². The first-order valence-corrected chi connectivity index (χ1v) is 8.03. The highest BCUT2D eigenvalue weighted by atomic mass is 35.5. The van der Waals surface area contributed by atoms with Crippen molar-refractivity contribution >= 4 is 23.2 Å². The first-order chi connectivity index (χ1) is 12.1. The number of carbonyl (C=O) groups excluding carboxylic acids is 1. The van der Waals surface area contributed by atoms with Crippen molar-refractivity contribution < 1.29 is 13.9 Å². The first kappa shape index (κ1) is 17.0. The third-order valence-corrected chi connectivity index (χ3v) is 3.96. The van der Waals surface area contributed by atoms with Gasteiger partial charge >= 0.3 is 0 Å². The second-order valence-corrected chi connectivity index (χ2v) is 5.75. The largest absolute Gasteiger partial charge is 0.489 e. The molecule has 0 aromatic heterocycles. The van der Waals surface area contributed by atoms with Gasteiger partial charge in [-0.2, -0.15) is 0 Å². The highest BCUT2D eigenvalue weighted by Gasteiger charge is 2.09. The minimum absolute atomic E-state index is 0.145. The van der Waals surface area contributed by atoms with Crippen LogP contribution in [-0.4, -0.2) is 5.91 Å². The number of hydrogen-bond donors (Lipinski definition) is 1. The van der Waals surface area contributed by atoms with Crippen molar-refractivity contribution in [2.45, 2.75) is 6.61 Å². The van der Waals surface area contributed by atoms with Crippen molar-refractivity contribution in [1.29, 1.82) is 0 Å². The summed E-state index contributed by atoms with van der Waals surface area (Å²) in [4.78, 5) is 12.2. The van der Waals surface area contributed by atoms with E-state index in [-0.39, 0.29) is 11.6 Å². The molecule has 0 spiro atoms. The normalized spacial score (nSPS) is 10.3. The van der Waals surface area contributed by atoms with E-state index in [0.717, 1.165) is 5.56 Å². The van der Waals surface area contributed by atoms with Crippen LogP contribution in [0, 0.1) is 5.82 Å². The van der Waals surface area contributed by atoms with E-state index in [9.17, 15) is 9.18 Å². The molecule has 3 aromatic carbocycles. The topological polar surface area (TPSA) is 38.3 Å². The monoisotopic (exact) mass is 355 g/mol. The Hall–Kier alpha value is -2.85. The predicted octanol–water partition coefficient (Wildman–Crippen LogP) is 5.31. The number of anilines is 1. The van der Waals surface area contributed by atoms with Gasteiger partial charge in [-0.3, -0.25) is 4.79 Å². The second kappa shape index (κ2) is 7.81. The lowest BCUT2D eigenvalue weighted by molar-refractivity contribution is 0.102. The van der Waals surface area contributed by atoms with Crippen molar-refractivity contribution in [3.63, 3.8) is 0 Å². The van der Waals surface area contributed by atoms with Crippen LogP contribution < -0.4 is 10.1 Å². The standard InChI is InChI=1S/C20H15ClFNO2/c21-17-6-2-1-5-15(17)13-25-16-11-9-14(10-12-16)20(24)23-19-8-4-3-7-18(19)22/h1-12H,13H2,(H,23,24). The van der Waals surface area contributed by atoms with Gasteiger partial charge in [-0.25, -0.2) is 4.39 Å². The molecule has 5 heteroatoms. The summed E-state index contributed by atoms with van der Waals surface area (Å²) < 4.78 is 19.2. The number of hydrogen-bond acceptors (Lipinski definition) is 2. The second-order valence-electron chi connectivity index (χ2n) is 5.34. The van der Waals surface area contributed by atoms with Gasteiger partial charge in [-0.15, -0.1) is 0 Å². The Balaban J connectivity index is 1.63. The zero-order chi connectivity index (χ0) is 17.6. The molecule has 0 radical (unpaired) electrons. The smallest absolute Gasteiger partial charge is 0.255 e. The maximum atomic E-state index is 13.6. The van der Waals surface area contributed by atoms with Crippen LogP contribution in [-0.2, 0) is 6.61 Å². The van der Waals surface area contributed by atoms with Crippen LogP contribution in [0.2, 0.25) is 5.02 Å². The van der Waals surface area contributed by atoms with Crippen LogP contribution in [0.5, 0.6) is 5.75 Å². The fraction of sp³-hybridized carbons (Fsp3) is 0.0500. The molecule has 0 aliphatic rings. The summed E-state index contributed by atoms with van der Waals surface area (Å²) in [5, 5.41) is 3.18. The Morgan fingerprint density at radius 1 is 0.960 bits per heavy atom. The van der Waals surface area contributed by atoms with Gasteiger partial charge in [-0.05, 0) is 42.5 Å². The number of para-hydroxylation sites is 1. The average molecular weight is 356 g/mol. The molecule has 0 atom stereocenters. The number of carbonyl (C=O) groups is 1. The molecule has 126 valence electrons. The number of benzene rings is 3. The Bertz CT molecular complexity index is 881. The molecular formula is C20H15ClFNO2. The molecule has 0 heterocycles. The fourth-order valence-corrected chi connectivity index (χ4v) is 2.43. The molecular weight excluding hydrogens is 341 g/mol. The van der Waals surface area contributed by atoms with Gasteiger partial charge in [0.2, 0.25) is 0 Å². The van der Waals surface area contributed by atoms with E-state index < -0.39 is 5.82 Å². The Morgan fingerprint density at radius 2 is 1.64 bits per heavy atom. The number of nitrogens with one attached hydrogen (secondary N) is 1. The quantitative estimate of drug-likeness (QED) is 0.673. The Morgan fingerprint density at radius 3 is 2.36 bits per heavy atom. The van der Waals surface area contributed by atoms with E-state index >= 15 is 0 Å². The predicted molar refractivity (Wildman–Crippen MR) is 96.6 cm³/mol. The van der Waals surface area contributed by atoms with Gasteiger partial charge in [0.15, 0.2) is 0 Å². The van der Waals surface area contributed by atoms with E-state index in [1.165, 1.54) is 12.1 Å². The van der Waals surface area contributed by atoms with Gasteiger partial charge in [0.25, 0.3) is 5.91 Å². The minimum atomic E-state index is -0.476. The third-order valence-electron chi connectivity index (χ3n) is 3.59. The van der Waals surface area contributed by atoms with Crippen LogP contribution in [0.15, 0.2) is 72.8 Å². The molecule has 25 heavy (non-hydrogen) atoms. The van der Waals surface area contributed by atoms with Crippen LogP contribution in [0.25, 0.3) is 0 Å². The summed E-state index contributed by atoms with van der Waals surface area (Å²) in [7, 11) is 0. The number of halogens is 2. The van der Waals surface area contributed by atoms with Gasteiger partial charge in [-0.1, -0.05) is 41.9 Å². The molecule has 0 aliphatic heterocycles. The molecule has 0 bridgehead atoms. The Kier molecular flexibility index (Phi) is 5.31. The van der Waals surface area contributed by atoms with Gasteiger partial charge in [0.1, 0.15) is 18.2 Å². The molecule has 1 N–H and O–H groups in total. The lowest BCUT2D eigenvalue weighted by atomic mass is 10.2. The lowest BCUT2D eigenvalue weighted by Gasteiger charge is -2.09. The molecule has 3 aromatic rings. The summed E-state index contributed by atoms with van der Waals surface area (Å²) in [6, 6.07) is 20.1. The number of rotatable bonds is 5. The summed E-state index contributed by atoms with van der Waals surface area (Å²) in [6.45, 7) is 0.334. The maximum absolute atomic E-state index is 13.6. The van der Waals surface area contributed by atoms with E-state index in [2.05, 4.69) is 5.32 Å². The molecule has 0 unspecified atom stereocenters. The van der Waals surface area contributed by atoms with E-state index in [1.54, 1.807) is 42.5 Å². The van der Waals surface area contributed by atoms with Crippen molar-refractivity contribution in [3.05, 3.63) is 94.8 Å². The fourth-order valence-electron chi connectivity index (χ4n) is 2.24. The number of ether oxygens (including phenoxy) is 1. The lowest BCUT2D eigenvalue weighted by Crippen LogP contribution is -2.12. The van der Waals surface area contributed by atoms with Crippen LogP contribution in [0.1, 0.15) is 15.9 Å². The first-order valence-electron chi connectivity index (χ1n) is 7.65. The van der Waals surface area contributed by atoms with E-state index in [4.69, 9.17) is 16.3 Å². The number of amides is 1. The van der Waals surface area contributed by atoms with Crippen molar-refractivity contribution in [2.75, 3.05) is 5.32 Å². The van der Waals surface area contributed by atoms with Crippen molar-refractivity contribution in [2.24, 2.45) is 0 Å². The van der Waals surface area contributed by atoms with Gasteiger partial charge < -0.3 is 10.1 Å². The highest BCUT2D eigenvalue weighted by molar-refractivity contribution is 6.31. The van der Waals surface area contributed by atoms with E-state index in [0.29, 0.717) is 22.9 Å². The van der Waals surface area contributed by atoms with E-state index in [1.807, 2.05) is 18.2 Å². The molecule has 0 saturated carbocycles. The van der Waals surface area contributed by atoms with Gasteiger partial charge in [0.05, 0.1) is 5.69 Å². The summed E-state index contributed by atoms with van der Waals surface area (Å²) in [5.74, 6) is -0.249. The summed E-state index contributed by atoms with van der Waals surface area (Å²) >= 11 is 6.08. The van der Waals surface area contributed by atoms with Crippen molar-refractivity contribution in [1.82, 2.24) is 0 Å². The third kappa shape index (κ3) is 4.37. The minimum Gasteiger partial charge on any atom is -0.489 e.